The summed E-state index contributed by atoms with van der Waals surface area (Å²) < 4.78 is 0. The highest BCUT2D eigenvalue weighted by Gasteiger charge is 2.23. The molecular formula is C21H28N4O. The van der Waals surface area contributed by atoms with E-state index in [-0.39, 0.29) is 11.4 Å². The van der Waals surface area contributed by atoms with Crippen molar-refractivity contribution in [3.05, 3.63) is 59.9 Å². The van der Waals surface area contributed by atoms with Gasteiger partial charge in [-0.05, 0) is 29.2 Å². The van der Waals surface area contributed by atoms with Crippen LogP contribution in [-0.4, -0.2) is 47.0 Å². The molecule has 5 nitrogen and oxygen atoms in total. The number of amides is 2. The van der Waals surface area contributed by atoms with Gasteiger partial charge < -0.3 is 10.2 Å². The molecule has 1 N–H and O–H groups in total. The highest BCUT2D eigenvalue weighted by atomic mass is 16.2. The molecule has 0 saturated carbocycles. The summed E-state index contributed by atoms with van der Waals surface area (Å²) in [4.78, 5) is 21.3. The van der Waals surface area contributed by atoms with Crippen molar-refractivity contribution in [1.29, 1.82) is 0 Å². The van der Waals surface area contributed by atoms with Gasteiger partial charge in [-0.3, -0.25) is 9.88 Å². The third-order valence-corrected chi connectivity index (χ3v) is 4.75. The number of aromatic nitrogens is 1. The molecule has 1 aliphatic rings. The monoisotopic (exact) mass is 352 g/mol. The smallest absolute Gasteiger partial charge is 0.321 e. The molecule has 26 heavy (non-hydrogen) atoms. The topological polar surface area (TPSA) is 48.5 Å². The van der Waals surface area contributed by atoms with Crippen LogP contribution in [0.2, 0.25) is 0 Å². The fourth-order valence-corrected chi connectivity index (χ4v) is 3.27. The van der Waals surface area contributed by atoms with E-state index in [9.17, 15) is 4.79 Å². The van der Waals surface area contributed by atoms with Gasteiger partial charge >= 0.3 is 6.03 Å². The standard InChI is InChI=1S/C21H28N4O/c1-21(2,3)18-9-4-5-10-19(18)23-20(26)25-14-12-24(13-15-25)16-17-8-6-7-11-22-17/h4-11H,12-16H2,1-3H3,(H,23,26). The normalized spacial score (nSPS) is 15.7. The van der Waals surface area contributed by atoms with Crippen LogP contribution < -0.4 is 5.32 Å². The second-order valence-corrected chi connectivity index (χ2v) is 7.81. The van der Waals surface area contributed by atoms with Crippen molar-refractivity contribution >= 4 is 11.7 Å². The number of benzene rings is 1. The van der Waals surface area contributed by atoms with Crippen molar-refractivity contribution in [2.75, 3.05) is 31.5 Å². The third kappa shape index (κ3) is 4.61. The maximum atomic E-state index is 12.7. The van der Waals surface area contributed by atoms with E-state index in [0.717, 1.165) is 49.7 Å². The lowest BCUT2D eigenvalue weighted by Gasteiger charge is -2.35. The lowest BCUT2D eigenvalue weighted by atomic mass is 9.86. The van der Waals surface area contributed by atoms with Crippen LogP contribution in [0.5, 0.6) is 0 Å². The van der Waals surface area contributed by atoms with Crippen molar-refractivity contribution < 1.29 is 4.79 Å². The molecule has 0 unspecified atom stereocenters. The number of carbonyl (C=O) groups is 1. The summed E-state index contributed by atoms with van der Waals surface area (Å²) in [6, 6.07) is 14.0. The average molecular weight is 352 g/mol. The van der Waals surface area contributed by atoms with Gasteiger partial charge in [-0.15, -0.1) is 0 Å². The van der Waals surface area contributed by atoms with Crippen molar-refractivity contribution in [2.24, 2.45) is 0 Å². The highest BCUT2D eigenvalue weighted by Crippen LogP contribution is 2.29. The van der Waals surface area contributed by atoms with Crippen LogP contribution in [0.25, 0.3) is 0 Å². The first-order chi connectivity index (χ1) is 12.4. The molecule has 1 fully saturated rings. The summed E-state index contributed by atoms with van der Waals surface area (Å²) in [6.07, 6.45) is 1.83. The molecule has 0 radical (unpaired) electrons. The van der Waals surface area contributed by atoms with E-state index in [1.807, 2.05) is 47.5 Å². The Morgan fingerprint density at radius 3 is 2.38 bits per heavy atom. The van der Waals surface area contributed by atoms with Gasteiger partial charge in [0.2, 0.25) is 0 Å². The van der Waals surface area contributed by atoms with Crippen LogP contribution in [-0.2, 0) is 12.0 Å². The maximum Gasteiger partial charge on any atom is 0.321 e. The Balaban J connectivity index is 1.56. The number of rotatable bonds is 3. The maximum absolute atomic E-state index is 12.7. The summed E-state index contributed by atoms with van der Waals surface area (Å²) in [7, 11) is 0. The summed E-state index contributed by atoms with van der Waals surface area (Å²) in [6.45, 7) is 10.5. The predicted molar refractivity (Wildman–Crippen MR) is 105 cm³/mol. The Kier molecular flexibility index (Phi) is 5.57. The first-order valence-electron chi connectivity index (χ1n) is 9.21. The molecule has 0 atom stereocenters. The van der Waals surface area contributed by atoms with Crippen LogP contribution >= 0.6 is 0 Å². The number of para-hydroxylation sites is 1. The van der Waals surface area contributed by atoms with E-state index in [1.54, 1.807) is 0 Å². The summed E-state index contributed by atoms with van der Waals surface area (Å²) >= 11 is 0. The lowest BCUT2D eigenvalue weighted by Crippen LogP contribution is -2.49. The second-order valence-electron chi connectivity index (χ2n) is 7.81. The fourth-order valence-electron chi connectivity index (χ4n) is 3.27. The lowest BCUT2D eigenvalue weighted by molar-refractivity contribution is 0.142. The minimum Gasteiger partial charge on any atom is -0.322 e. The molecule has 1 aromatic heterocycles. The van der Waals surface area contributed by atoms with Gasteiger partial charge in [0.25, 0.3) is 0 Å². The Labute approximate surface area is 156 Å². The molecule has 0 aliphatic carbocycles. The van der Waals surface area contributed by atoms with E-state index < -0.39 is 0 Å². The van der Waals surface area contributed by atoms with Crippen LogP contribution in [0.1, 0.15) is 32.0 Å². The SMILES string of the molecule is CC(C)(C)c1ccccc1NC(=O)N1CCN(Cc2ccccn2)CC1. The summed E-state index contributed by atoms with van der Waals surface area (Å²) in [5.41, 5.74) is 3.12. The average Bonchev–Trinajstić information content (AvgIpc) is 2.63. The first-order valence-corrected chi connectivity index (χ1v) is 9.21. The minimum absolute atomic E-state index is 0.00868. The number of hydrogen-bond acceptors (Lipinski definition) is 3. The Morgan fingerprint density at radius 2 is 1.73 bits per heavy atom. The predicted octanol–water partition coefficient (Wildman–Crippen LogP) is 3.73. The van der Waals surface area contributed by atoms with Crippen LogP contribution in [0.4, 0.5) is 10.5 Å². The van der Waals surface area contributed by atoms with E-state index in [2.05, 4.69) is 42.0 Å². The number of pyridine rings is 1. The Morgan fingerprint density at radius 1 is 1.04 bits per heavy atom. The Bertz CT molecular complexity index is 731. The van der Waals surface area contributed by atoms with Gasteiger partial charge in [-0.1, -0.05) is 45.0 Å². The Hall–Kier alpha value is -2.40. The molecule has 0 bridgehead atoms. The minimum atomic E-state index is -0.0146. The number of nitrogens with one attached hydrogen (secondary N) is 1. The summed E-state index contributed by atoms with van der Waals surface area (Å²) in [5, 5.41) is 3.11. The van der Waals surface area contributed by atoms with Crippen molar-refractivity contribution in [3.8, 4) is 0 Å². The molecule has 1 aromatic carbocycles. The number of anilines is 1. The van der Waals surface area contributed by atoms with Gasteiger partial charge in [0.1, 0.15) is 0 Å². The van der Waals surface area contributed by atoms with E-state index in [1.165, 1.54) is 0 Å². The highest BCUT2D eigenvalue weighted by molar-refractivity contribution is 5.90. The van der Waals surface area contributed by atoms with E-state index in [4.69, 9.17) is 0 Å². The van der Waals surface area contributed by atoms with E-state index >= 15 is 0 Å². The van der Waals surface area contributed by atoms with Gasteiger partial charge in [-0.2, -0.15) is 0 Å². The van der Waals surface area contributed by atoms with Crippen molar-refractivity contribution in [1.82, 2.24) is 14.8 Å². The zero-order chi connectivity index (χ0) is 18.6. The number of nitrogens with zero attached hydrogens (tertiary/aromatic N) is 3. The van der Waals surface area contributed by atoms with Gasteiger partial charge in [-0.25, -0.2) is 4.79 Å². The van der Waals surface area contributed by atoms with Crippen molar-refractivity contribution in [2.45, 2.75) is 32.7 Å². The molecule has 138 valence electrons. The van der Waals surface area contributed by atoms with Crippen molar-refractivity contribution in [3.63, 3.8) is 0 Å². The first kappa shape index (κ1) is 18.4. The zero-order valence-electron chi connectivity index (χ0n) is 15.9. The molecule has 1 aliphatic heterocycles. The molecule has 5 heteroatoms. The number of carbonyl (C=O) groups excluding carboxylic acids is 1. The molecule has 0 spiro atoms. The largest absolute Gasteiger partial charge is 0.322 e. The number of piperazine rings is 1. The van der Waals surface area contributed by atoms with Gasteiger partial charge in [0, 0.05) is 44.6 Å². The molecular weight excluding hydrogens is 324 g/mol. The molecule has 3 rings (SSSR count). The molecule has 1 saturated heterocycles. The van der Waals surface area contributed by atoms with Gasteiger partial charge in [0.15, 0.2) is 0 Å². The van der Waals surface area contributed by atoms with E-state index in [0.29, 0.717) is 0 Å². The number of hydrogen-bond donors (Lipinski definition) is 1. The van der Waals surface area contributed by atoms with Gasteiger partial charge in [0.05, 0.1) is 5.69 Å². The molecule has 2 heterocycles. The van der Waals surface area contributed by atoms with Crippen LogP contribution in [0, 0.1) is 0 Å². The zero-order valence-corrected chi connectivity index (χ0v) is 15.9. The number of urea groups is 1. The van der Waals surface area contributed by atoms with Crippen LogP contribution in [0.15, 0.2) is 48.7 Å². The quantitative estimate of drug-likeness (QED) is 0.916. The summed E-state index contributed by atoms with van der Waals surface area (Å²) in [5.74, 6) is 0. The second kappa shape index (κ2) is 7.87. The fraction of sp³-hybridized carbons (Fsp3) is 0.429. The van der Waals surface area contributed by atoms with Crippen LogP contribution in [0.3, 0.4) is 0 Å². The molecule has 2 amide bonds. The third-order valence-electron chi connectivity index (χ3n) is 4.75. The molecule has 2 aromatic rings.